The zero-order valence-corrected chi connectivity index (χ0v) is 13.2. The third-order valence-electron chi connectivity index (χ3n) is 4.98. The molecule has 1 N–H and O–H groups in total. The number of hydrogen-bond donors (Lipinski definition) is 1. The van der Waals surface area contributed by atoms with Crippen molar-refractivity contribution in [2.75, 3.05) is 19.7 Å². The fourth-order valence-electron chi connectivity index (χ4n) is 3.95. The monoisotopic (exact) mass is 283 g/mol. The maximum absolute atomic E-state index is 11.8. The molecule has 0 saturated carbocycles. The largest absolute Gasteiger partial charge is 0.481 e. The molecule has 0 aliphatic carbocycles. The summed E-state index contributed by atoms with van der Waals surface area (Å²) in [7, 11) is 0. The van der Waals surface area contributed by atoms with Crippen LogP contribution in [-0.4, -0.2) is 47.3 Å². The Morgan fingerprint density at radius 2 is 2.20 bits per heavy atom. The molecule has 2 saturated heterocycles. The van der Waals surface area contributed by atoms with E-state index < -0.39 is 11.4 Å². The molecule has 0 aromatic rings. The molecular formula is C16H29NO3. The van der Waals surface area contributed by atoms with Crippen LogP contribution in [0, 0.1) is 5.41 Å². The third-order valence-corrected chi connectivity index (χ3v) is 4.98. The molecule has 2 aliphatic heterocycles. The van der Waals surface area contributed by atoms with E-state index in [2.05, 4.69) is 25.7 Å². The molecule has 4 heteroatoms. The van der Waals surface area contributed by atoms with Crippen molar-refractivity contribution in [3.8, 4) is 0 Å². The van der Waals surface area contributed by atoms with Crippen LogP contribution in [0.4, 0.5) is 0 Å². The summed E-state index contributed by atoms with van der Waals surface area (Å²) in [4.78, 5) is 14.2. The van der Waals surface area contributed by atoms with Gasteiger partial charge in [0.05, 0.1) is 11.0 Å². The number of likely N-dealkylation sites (tertiary alicyclic amines) is 1. The second kappa shape index (κ2) is 6.02. The van der Waals surface area contributed by atoms with E-state index in [9.17, 15) is 9.90 Å². The molecule has 0 aromatic heterocycles. The van der Waals surface area contributed by atoms with E-state index in [0.29, 0.717) is 6.04 Å². The lowest BCUT2D eigenvalue weighted by molar-refractivity contribution is -0.155. The van der Waals surface area contributed by atoms with Gasteiger partial charge < -0.3 is 9.84 Å². The summed E-state index contributed by atoms with van der Waals surface area (Å²) < 4.78 is 5.79. The van der Waals surface area contributed by atoms with Crippen LogP contribution >= 0.6 is 0 Å². The normalized spacial score (nSPS) is 34.9. The van der Waals surface area contributed by atoms with Gasteiger partial charge in [0.25, 0.3) is 0 Å². The molecule has 0 spiro atoms. The fourth-order valence-corrected chi connectivity index (χ4v) is 3.95. The standard InChI is InChI=1S/C16H29NO3/c1-4-7-16(14(18)19)8-5-9-17(12-16)13-6-10-20-15(2,3)11-13/h13H,4-12H2,1-3H3,(H,18,19). The zero-order valence-electron chi connectivity index (χ0n) is 13.2. The first kappa shape index (κ1) is 15.8. The highest BCUT2D eigenvalue weighted by atomic mass is 16.5. The van der Waals surface area contributed by atoms with Gasteiger partial charge in [-0.3, -0.25) is 9.69 Å². The van der Waals surface area contributed by atoms with Gasteiger partial charge in [0.1, 0.15) is 0 Å². The number of carboxylic acid groups (broad SMARTS) is 1. The van der Waals surface area contributed by atoms with Gasteiger partial charge in [0, 0.05) is 19.2 Å². The lowest BCUT2D eigenvalue weighted by Crippen LogP contribution is -2.54. The van der Waals surface area contributed by atoms with Crippen LogP contribution in [-0.2, 0) is 9.53 Å². The topological polar surface area (TPSA) is 49.8 Å². The first-order chi connectivity index (χ1) is 9.38. The van der Waals surface area contributed by atoms with Crippen LogP contribution in [0.15, 0.2) is 0 Å². The minimum atomic E-state index is -0.602. The molecule has 20 heavy (non-hydrogen) atoms. The van der Waals surface area contributed by atoms with Crippen LogP contribution in [0.5, 0.6) is 0 Å². The maximum Gasteiger partial charge on any atom is 0.310 e. The van der Waals surface area contributed by atoms with E-state index in [1.54, 1.807) is 0 Å². The molecule has 2 fully saturated rings. The summed E-state index contributed by atoms with van der Waals surface area (Å²) in [6.45, 7) is 8.92. The Kier molecular flexibility index (Phi) is 4.75. The van der Waals surface area contributed by atoms with Crippen molar-refractivity contribution in [3.05, 3.63) is 0 Å². The molecule has 2 heterocycles. The second-order valence-corrected chi connectivity index (χ2v) is 7.16. The summed E-state index contributed by atoms with van der Waals surface area (Å²) in [6.07, 6.45) is 5.62. The van der Waals surface area contributed by atoms with E-state index in [1.807, 2.05) is 0 Å². The van der Waals surface area contributed by atoms with E-state index in [1.165, 1.54) is 0 Å². The van der Waals surface area contributed by atoms with Crippen molar-refractivity contribution >= 4 is 5.97 Å². The van der Waals surface area contributed by atoms with Crippen LogP contribution in [0.3, 0.4) is 0 Å². The number of rotatable bonds is 4. The SMILES string of the molecule is CCCC1(C(=O)O)CCCN(C2CCOC(C)(C)C2)C1. The number of nitrogens with zero attached hydrogens (tertiary/aromatic N) is 1. The average molecular weight is 283 g/mol. The average Bonchev–Trinajstić information content (AvgIpc) is 2.38. The Morgan fingerprint density at radius 1 is 1.45 bits per heavy atom. The molecule has 2 unspecified atom stereocenters. The summed E-state index contributed by atoms with van der Waals surface area (Å²) in [5.41, 5.74) is -0.591. The van der Waals surface area contributed by atoms with Gasteiger partial charge in [0.15, 0.2) is 0 Å². The molecule has 4 nitrogen and oxygen atoms in total. The Morgan fingerprint density at radius 3 is 2.80 bits per heavy atom. The van der Waals surface area contributed by atoms with E-state index in [-0.39, 0.29) is 5.60 Å². The Balaban J connectivity index is 2.07. The van der Waals surface area contributed by atoms with Crippen molar-refractivity contribution in [1.82, 2.24) is 4.90 Å². The molecule has 2 atom stereocenters. The molecule has 0 aromatic carbocycles. The van der Waals surface area contributed by atoms with Crippen LogP contribution in [0.25, 0.3) is 0 Å². The smallest absolute Gasteiger partial charge is 0.310 e. The summed E-state index contributed by atoms with van der Waals surface area (Å²) >= 11 is 0. The van der Waals surface area contributed by atoms with Crippen LogP contribution in [0.2, 0.25) is 0 Å². The molecule has 0 bridgehead atoms. The molecule has 0 amide bonds. The van der Waals surface area contributed by atoms with Crippen molar-refractivity contribution in [2.24, 2.45) is 5.41 Å². The number of carbonyl (C=O) groups is 1. The molecule has 116 valence electrons. The Labute approximate surface area is 122 Å². The van der Waals surface area contributed by atoms with Gasteiger partial charge in [0.2, 0.25) is 0 Å². The van der Waals surface area contributed by atoms with E-state index in [0.717, 1.165) is 58.2 Å². The maximum atomic E-state index is 11.8. The van der Waals surface area contributed by atoms with Crippen molar-refractivity contribution in [1.29, 1.82) is 0 Å². The van der Waals surface area contributed by atoms with Gasteiger partial charge in [-0.05, 0) is 52.5 Å². The number of carboxylic acids is 1. The first-order valence-corrected chi connectivity index (χ1v) is 8.00. The number of aliphatic carboxylic acids is 1. The van der Waals surface area contributed by atoms with Crippen molar-refractivity contribution < 1.29 is 14.6 Å². The highest BCUT2D eigenvalue weighted by molar-refractivity contribution is 5.75. The van der Waals surface area contributed by atoms with E-state index in [4.69, 9.17) is 4.74 Å². The summed E-state index contributed by atoms with van der Waals surface area (Å²) in [6, 6.07) is 0.481. The molecule has 0 radical (unpaired) electrons. The van der Waals surface area contributed by atoms with Gasteiger partial charge in [-0.25, -0.2) is 0 Å². The number of hydrogen-bond acceptors (Lipinski definition) is 3. The zero-order chi connectivity index (χ0) is 14.8. The molecular weight excluding hydrogens is 254 g/mol. The quantitative estimate of drug-likeness (QED) is 0.862. The minimum Gasteiger partial charge on any atom is -0.481 e. The predicted molar refractivity (Wildman–Crippen MR) is 78.8 cm³/mol. The van der Waals surface area contributed by atoms with Crippen molar-refractivity contribution in [2.45, 2.75) is 70.9 Å². The summed E-state index contributed by atoms with van der Waals surface area (Å²) in [5, 5.41) is 9.69. The lowest BCUT2D eigenvalue weighted by Gasteiger charge is -2.47. The molecule has 2 rings (SSSR count). The highest BCUT2D eigenvalue weighted by Crippen LogP contribution is 2.38. The van der Waals surface area contributed by atoms with Gasteiger partial charge in [-0.1, -0.05) is 13.3 Å². The minimum absolute atomic E-state index is 0.0724. The predicted octanol–water partition coefficient (Wildman–Crippen LogP) is 2.91. The van der Waals surface area contributed by atoms with Gasteiger partial charge in [-0.15, -0.1) is 0 Å². The Bertz CT molecular complexity index is 352. The van der Waals surface area contributed by atoms with Crippen molar-refractivity contribution in [3.63, 3.8) is 0 Å². The highest BCUT2D eigenvalue weighted by Gasteiger charge is 2.44. The summed E-state index contributed by atoms with van der Waals surface area (Å²) in [5.74, 6) is -0.602. The lowest BCUT2D eigenvalue weighted by atomic mass is 9.75. The number of piperidine rings is 1. The number of ether oxygens (including phenoxy) is 1. The van der Waals surface area contributed by atoms with Gasteiger partial charge >= 0.3 is 5.97 Å². The Hall–Kier alpha value is -0.610. The van der Waals surface area contributed by atoms with Crippen LogP contribution in [0.1, 0.15) is 59.3 Å². The second-order valence-electron chi connectivity index (χ2n) is 7.16. The molecule has 2 aliphatic rings. The van der Waals surface area contributed by atoms with Gasteiger partial charge in [-0.2, -0.15) is 0 Å². The third kappa shape index (κ3) is 3.34. The first-order valence-electron chi connectivity index (χ1n) is 8.00. The van der Waals surface area contributed by atoms with Crippen LogP contribution < -0.4 is 0 Å². The van der Waals surface area contributed by atoms with E-state index >= 15 is 0 Å². The fraction of sp³-hybridized carbons (Fsp3) is 0.938.